The summed E-state index contributed by atoms with van der Waals surface area (Å²) in [6.07, 6.45) is 6.44. The lowest BCUT2D eigenvalue weighted by Gasteiger charge is -2.34. The van der Waals surface area contributed by atoms with Gasteiger partial charge in [-0.2, -0.15) is 0 Å². The zero-order valence-electron chi connectivity index (χ0n) is 20.5. The summed E-state index contributed by atoms with van der Waals surface area (Å²) in [4.78, 5) is 25.2. The van der Waals surface area contributed by atoms with Gasteiger partial charge >= 0.3 is 12.1 Å². The molecule has 0 spiro atoms. The number of ether oxygens (including phenoxy) is 4. The van der Waals surface area contributed by atoms with E-state index < -0.39 is 5.60 Å². The average molecular weight is 462 g/mol. The van der Waals surface area contributed by atoms with E-state index in [1.165, 1.54) is 12.7 Å². The average Bonchev–Trinajstić information content (AvgIpc) is 2.81. The van der Waals surface area contributed by atoms with Crippen LogP contribution in [0, 0.1) is 5.92 Å². The summed E-state index contributed by atoms with van der Waals surface area (Å²) in [6.45, 7) is 7.90. The first-order valence-corrected chi connectivity index (χ1v) is 12.1. The van der Waals surface area contributed by atoms with E-state index >= 15 is 0 Å². The minimum absolute atomic E-state index is 0.0711. The quantitative estimate of drug-likeness (QED) is 0.536. The molecule has 1 heterocycles. The molecule has 184 valence electrons. The lowest BCUT2D eigenvalue weighted by Crippen LogP contribution is -2.42. The number of esters is 1. The molecule has 7 heteroatoms. The molecule has 0 atom stereocenters. The van der Waals surface area contributed by atoms with Gasteiger partial charge in [-0.25, -0.2) is 9.59 Å². The predicted octanol–water partition coefficient (Wildman–Crippen LogP) is 4.93. The predicted molar refractivity (Wildman–Crippen MR) is 125 cm³/mol. The second-order valence-corrected chi connectivity index (χ2v) is 10.2. The van der Waals surface area contributed by atoms with Gasteiger partial charge in [0.05, 0.1) is 13.2 Å². The fourth-order valence-corrected chi connectivity index (χ4v) is 4.48. The number of piperidine rings is 1. The van der Waals surface area contributed by atoms with Crippen molar-refractivity contribution in [3.8, 4) is 5.75 Å². The van der Waals surface area contributed by atoms with Crippen molar-refractivity contribution in [1.82, 2.24) is 4.90 Å². The SMILES string of the molecule is COC(=O)COc1ccc([C@H]2CC[C@H](OCC3CCN(C(=O)OC(C)(C)C)CC3)CC2)cc1. The van der Waals surface area contributed by atoms with E-state index in [2.05, 4.69) is 16.9 Å². The second kappa shape index (κ2) is 11.7. The molecule has 33 heavy (non-hydrogen) atoms. The van der Waals surface area contributed by atoms with E-state index in [9.17, 15) is 9.59 Å². The molecule has 1 aliphatic carbocycles. The minimum atomic E-state index is -0.448. The van der Waals surface area contributed by atoms with Gasteiger partial charge in [-0.1, -0.05) is 12.1 Å². The molecule has 1 aromatic carbocycles. The Hall–Kier alpha value is -2.28. The van der Waals surface area contributed by atoms with Crippen LogP contribution in [0.25, 0.3) is 0 Å². The normalized spacial score (nSPS) is 22.0. The third-order valence-electron chi connectivity index (χ3n) is 6.44. The first kappa shape index (κ1) is 25.3. The van der Waals surface area contributed by atoms with Crippen LogP contribution >= 0.6 is 0 Å². The van der Waals surface area contributed by atoms with E-state index in [1.807, 2.05) is 37.8 Å². The van der Waals surface area contributed by atoms with Crippen molar-refractivity contribution in [2.75, 3.05) is 33.4 Å². The first-order chi connectivity index (χ1) is 15.7. The van der Waals surface area contributed by atoms with Crippen molar-refractivity contribution in [2.24, 2.45) is 5.92 Å². The summed E-state index contributed by atoms with van der Waals surface area (Å²) < 4.78 is 21.8. The Bertz CT molecular complexity index is 756. The molecular weight excluding hydrogens is 422 g/mol. The van der Waals surface area contributed by atoms with Crippen LogP contribution < -0.4 is 4.74 Å². The fraction of sp³-hybridized carbons (Fsp3) is 0.692. The number of methoxy groups -OCH3 is 1. The van der Waals surface area contributed by atoms with Gasteiger partial charge in [0.2, 0.25) is 0 Å². The Morgan fingerprint density at radius 3 is 2.18 bits per heavy atom. The number of amides is 1. The standard InChI is InChI=1S/C26H39NO6/c1-26(2,3)33-25(29)27-15-13-19(14-16-27)17-31-22-9-5-20(6-10-22)21-7-11-23(12-8-21)32-18-24(28)30-4/h7-8,11-12,19-20,22H,5-6,9-10,13-18H2,1-4H3/t20-,22-. The number of carbonyl (C=O) groups excluding carboxylic acids is 2. The van der Waals surface area contributed by atoms with Crippen LogP contribution in [0.3, 0.4) is 0 Å². The molecular formula is C26H39NO6. The molecule has 0 radical (unpaired) electrons. The van der Waals surface area contributed by atoms with Gasteiger partial charge < -0.3 is 23.8 Å². The Morgan fingerprint density at radius 2 is 1.61 bits per heavy atom. The number of carbonyl (C=O) groups is 2. The Kier molecular flexibility index (Phi) is 9.01. The van der Waals surface area contributed by atoms with Gasteiger partial charge in [0.1, 0.15) is 11.4 Å². The largest absolute Gasteiger partial charge is 0.482 e. The molecule has 1 aliphatic heterocycles. The molecule has 0 N–H and O–H groups in total. The van der Waals surface area contributed by atoms with Crippen LogP contribution in [0.5, 0.6) is 5.75 Å². The monoisotopic (exact) mass is 461 g/mol. The highest BCUT2D eigenvalue weighted by atomic mass is 16.6. The molecule has 2 aliphatic rings. The van der Waals surface area contributed by atoms with Crippen LogP contribution in [0.4, 0.5) is 4.79 Å². The van der Waals surface area contributed by atoms with Crippen molar-refractivity contribution >= 4 is 12.1 Å². The van der Waals surface area contributed by atoms with Gasteiger partial charge in [0.15, 0.2) is 6.61 Å². The van der Waals surface area contributed by atoms with Gasteiger partial charge in [-0.15, -0.1) is 0 Å². The summed E-state index contributed by atoms with van der Waals surface area (Å²) in [5, 5.41) is 0. The maximum absolute atomic E-state index is 12.2. The lowest BCUT2D eigenvalue weighted by molar-refractivity contribution is -0.142. The summed E-state index contributed by atoms with van der Waals surface area (Å²) in [7, 11) is 1.35. The summed E-state index contributed by atoms with van der Waals surface area (Å²) in [5.41, 5.74) is 0.865. The van der Waals surface area contributed by atoms with Crippen LogP contribution in [-0.2, 0) is 19.0 Å². The topological polar surface area (TPSA) is 74.3 Å². The number of benzene rings is 1. The minimum Gasteiger partial charge on any atom is -0.482 e. The number of hydrogen-bond donors (Lipinski definition) is 0. The van der Waals surface area contributed by atoms with Crippen LogP contribution in [0.15, 0.2) is 24.3 Å². The maximum atomic E-state index is 12.2. The molecule has 3 rings (SSSR count). The number of rotatable bonds is 7. The molecule has 1 amide bonds. The molecule has 1 saturated heterocycles. The zero-order valence-corrected chi connectivity index (χ0v) is 20.5. The third-order valence-corrected chi connectivity index (χ3v) is 6.44. The van der Waals surface area contributed by atoms with Gasteiger partial charge in [0, 0.05) is 19.7 Å². The van der Waals surface area contributed by atoms with Crippen molar-refractivity contribution in [3.63, 3.8) is 0 Å². The fourth-order valence-electron chi connectivity index (χ4n) is 4.48. The van der Waals surface area contributed by atoms with Gasteiger partial charge in [-0.05, 0) is 88.8 Å². The Morgan fingerprint density at radius 1 is 0.970 bits per heavy atom. The zero-order chi connectivity index (χ0) is 23.8. The molecule has 7 nitrogen and oxygen atoms in total. The van der Waals surface area contributed by atoms with E-state index in [1.54, 1.807) is 0 Å². The maximum Gasteiger partial charge on any atom is 0.410 e. The molecule has 0 aromatic heterocycles. The highest BCUT2D eigenvalue weighted by Crippen LogP contribution is 2.35. The van der Waals surface area contributed by atoms with E-state index in [0.717, 1.165) is 58.2 Å². The summed E-state index contributed by atoms with van der Waals surface area (Å²) >= 11 is 0. The van der Waals surface area contributed by atoms with Crippen LogP contribution in [-0.4, -0.2) is 62.1 Å². The summed E-state index contributed by atoms with van der Waals surface area (Å²) in [5.74, 6) is 1.35. The van der Waals surface area contributed by atoms with E-state index in [-0.39, 0.29) is 18.7 Å². The van der Waals surface area contributed by atoms with Crippen molar-refractivity contribution in [2.45, 2.75) is 76.9 Å². The molecule has 0 bridgehead atoms. The smallest absolute Gasteiger partial charge is 0.410 e. The Balaban J connectivity index is 1.33. The molecule has 2 fully saturated rings. The van der Waals surface area contributed by atoms with E-state index in [0.29, 0.717) is 23.7 Å². The third kappa shape index (κ3) is 8.22. The highest BCUT2D eigenvalue weighted by Gasteiger charge is 2.28. The molecule has 0 unspecified atom stereocenters. The molecule has 1 saturated carbocycles. The molecule has 1 aromatic rings. The second-order valence-electron chi connectivity index (χ2n) is 10.2. The first-order valence-electron chi connectivity index (χ1n) is 12.1. The number of likely N-dealkylation sites (tertiary alicyclic amines) is 1. The van der Waals surface area contributed by atoms with Crippen LogP contribution in [0.2, 0.25) is 0 Å². The summed E-state index contributed by atoms with van der Waals surface area (Å²) in [6, 6.07) is 8.03. The van der Waals surface area contributed by atoms with Crippen LogP contribution in [0.1, 0.15) is 70.8 Å². The highest BCUT2D eigenvalue weighted by molar-refractivity contribution is 5.70. The Labute approximate surface area is 197 Å². The van der Waals surface area contributed by atoms with E-state index in [4.69, 9.17) is 14.2 Å². The number of nitrogens with zero attached hydrogens (tertiary/aromatic N) is 1. The van der Waals surface area contributed by atoms with Crippen molar-refractivity contribution in [3.05, 3.63) is 29.8 Å². The van der Waals surface area contributed by atoms with Gasteiger partial charge in [0.25, 0.3) is 0 Å². The lowest BCUT2D eigenvalue weighted by atomic mass is 9.82. The van der Waals surface area contributed by atoms with Gasteiger partial charge in [-0.3, -0.25) is 0 Å². The van der Waals surface area contributed by atoms with Crippen molar-refractivity contribution < 1.29 is 28.5 Å². The number of hydrogen-bond acceptors (Lipinski definition) is 6. The van der Waals surface area contributed by atoms with Crippen molar-refractivity contribution in [1.29, 1.82) is 0 Å².